The summed E-state index contributed by atoms with van der Waals surface area (Å²) in [4.78, 5) is 19.5. The third kappa shape index (κ3) is 3.86. The lowest BCUT2D eigenvalue weighted by molar-refractivity contribution is 0.0928. The highest BCUT2D eigenvalue weighted by atomic mass is 16.1. The van der Waals surface area contributed by atoms with E-state index in [0.717, 1.165) is 43.0 Å². The van der Waals surface area contributed by atoms with E-state index in [-0.39, 0.29) is 17.4 Å². The van der Waals surface area contributed by atoms with Crippen LogP contribution in [0.3, 0.4) is 0 Å². The molecule has 0 unspecified atom stereocenters. The molecule has 1 fully saturated rings. The van der Waals surface area contributed by atoms with E-state index in [1.807, 2.05) is 42.2 Å². The van der Waals surface area contributed by atoms with Crippen molar-refractivity contribution in [3.8, 4) is 0 Å². The van der Waals surface area contributed by atoms with Crippen LogP contribution in [-0.2, 0) is 12.5 Å². The Morgan fingerprint density at radius 2 is 1.88 bits per heavy atom. The molecule has 0 aliphatic carbocycles. The summed E-state index contributed by atoms with van der Waals surface area (Å²) in [5.74, 6) is 1.05. The minimum absolute atomic E-state index is 0.0426. The zero-order chi connectivity index (χ0) is 18.0. The van der Waals surface area contributed by atoms with Gasteiger partial charge in [-0.1, -0.05) is 39.0 Å². The number of aromatic nitrogens is 2. The van der Waals surface area contributed by atoms with Gasteiger partial charge in [-0.05, 0) is 29.9 Å². The Morgan fingerprint density at radius 1 is 1.20 bits per heavy atom. The Labute approximate surface area is 150 Å². The van der Waals surface area contributed by atoms with Crippen molar-refractivity contribution in [2.75, 3.05) is 18.0 Å². The number of nitrogens with zero attached hydrogens (tertiary/aromatic N) is 3. The second-order valence-corrected chi connectivity index (χ2v) is 7.87. The number of aryl methyl sites for hydroxylation is 1. The van der Waals surface area contributed by atoms with Gasteiger partial charge < -0.3 is 14.8 Å². The molecule has 1 N–H and O–H groups in total. The lowest BCUT2D eigenvalue weighted by Gasteiger charge is -2.33. The standard InChI is InChI=1S/C20H28N4O/c1-20(2,3)17-8-6-5-7-16(17)18(25)22-15-9-12-24(13-10-15)19-21-11-14-23(19)4/h5-8,11,14-15H,9-10,12-13H2,1-4H3,(H,22,25). The maximum Gasteiger partial charge on any atom is 0.251 e. The van der Waals surface area contributed by atoms with Crippen LogP contribution in [0.1, 0.15) is 49.5 Å². The topological polar surface area (TPSA) is 50.2 Å². The highest BCUT2D eigenvalue weighted by Crippen LogP contribution is 2.26. The van der Waals surface area contributed by atoms with Crippen LogP contribution in [0.15, 0.2) is 36.7 Å². The molecular formula is C20H28N4O. The van der Waals surface area contributed by atoms with Crippen molar-refractivity contribution in [2.45, 2.75) is 45.1 Å². The third-order valence-electron chi connectivity index (χ3n) is 4.89. The SMILES string of the molecule is Cn1ccnc1N1CCC(NC(=O)c2ccccc2C(C)(C)C)CC1. The van der Waals surface area contributed by atoms with Crippen molar-refractivity contribution in [1.82, 2.24) is 14.9 Å². The molecule has 134 valence electrons. The van der Waals surface area contributed by atoms with E-state index in [1.165, 1.54) is 0 Å². The fourth-order valence-electron chi connectivity index (χ4n) is 3.48. The number of hydrogen-bond acceptors (Lipinski definition) is 3. The Kier molecular flexibility index (Phi) is 4.84. The van der Waals surface area contributed by atoms with Crippen LogP contribution >= 0.6 is 0 Å². The predicted octanol–water partition coefficient (Wildman–Crippen LogP) is 3.12. The van der Waals surface area contributed by atoms with Crippen LogP contribution in [-0.4, -0.2) is 34.6 Å². The van der Waals surface area contributed by atoms with E-state index in [4.69, 9.17) is 0 Å². The maximum atomic E-state index is 12.8. The first-order valence-corrected chi connectivity index (χ1v) is 8.99. The number of benzene rings is 1. The summed E-state index contributed by atoms with van der Waals surface area (Å²) >= 11 is 0. The second kappa shape index (κ2) is 6.90. The largest absolute Gasteiger partial charge is 0.349 e. The summed E-state index contributed by atoms with van der Waals surface area (Å²) in [5.41, 5.74) is 1.84. The molecule has 25 heavy (non-hydrogen) atoms. The van der Waals surface area contributed by atoms with Gasteiger partial charge in [-0.25, -0.2) is 4.98 Å². The minimum atomic E-state index is -0.0461. The molecule has 1 amide bonds. The highest BCUT2D eigenvalue weighted by molar-refractivity contribution is 5.96. The average Bonchev–Trinajstić information content (AvgIpc) is 3.01. The van der Waals surface area contributed by atoms with Gasteiger partial charge in [0.05, 0.1) is 0 Å². The van der Waals surface area contributed by atoms with E-state index in [1.54, 1.807) is 0 Å². The Bertz CT molecular complexity index is 736. The van der Waals surface area contributed by atoms with Gasteiger partial charge in [0.2, 0.25) is 5.95 Å². The molecule has 0 bridgehead atoms. The van der Waals surface area contributed by atoms with Crippen molar-refractivity contribution in [3.63, 3.8) is 0 Å². The van der Waals surface area contributed by atoms with Crippen molar-refractivity contribution >= 4 is 11.9 Å². The molecule has 1 aromatic heterocycles. The van der Waals surface area contributed by atoms with Gasteiger partial charge in [0.25, 0.3) is 5.91 Å². The van der Waals surface area contributed by atoms with Gasteiger partial charge in [0.15, 0.2) is 0 Å². The van der Waals surface area contributed by atoms with Crippen molar-refractivity contribution in [2.24, 2.45) is 7.05 Å². The first-order valence-electron chi connectivity index (χ1n) is 8.99. The molecule has 1 aliphatic rings. The molecule has 0 radical (unpaired) electrons. The third-order valence-corrected chi connectivity index (χ3v) is 4.89. The number of carbonyl (C=O) groups is 1. The molecule has 2 aromatic rings. The van der Waals surface area contributed by atoms with Gasteiger partial charge in [0, 0.05) is 44.1 Å². The predicted molar refractivity (Wildman–Crippen MR) is 101 cm³/mol. The van der Waals surface area contributed by atoms with Gasteiger partial charge in [0.1, 0.15) is 0 Å². The minimum Gasteiger partial charge on any atom is -0.349 e. The average molecular weight is 340 g/mol. The monoisotopic (exact) mass is 340 g/mol. The number of nitrogens with one attached hydrogen (secondary N) is 1. The molecule has 5 heteroatoms. The van der Waals surface area contributed by atoms with Crippen molar-refractivity contribution in [3.05, 3.63) is 47.8 Å². The maximum absolute atomic E-state index is 12.8. The summed E-state index contributed by atoms with van der Waals surface area (Å²) < 4.78 is 2.04. The van der Waals surface area contributed by atoms with E-state index < -0.39 is 0 Å². The zero-order valence-electron chi connectivity index (χ0n) is 15.6. The molecule has 3 rings (SSSR count). The molecule has 2 heterocycles. The number of carbonyl (C=O) groups excluding carboxylic acids is 1. The Balaban J connectivity index is 1.63. The van der Waals surface area contributed by atoms with Gasteiger partial charge in [-0.15, -0.1) is 0 Å². The number of rotatable bonds is 3. The molecule has 0 atom stereocenters. The number of amides is 1. The first-order chi connectivity index (χ1) is 11.9. The van der Waals surface area contributed by atoms with E-state index >= 15 is 0 Å². The van der Waals surface area contributed by atoms with Crippen LogP contribution in [0.4, 0.5) is 5.95 Å². The second-order valence-electron chi connectivity index (χ2n) is 7.87. The summed E-state index contributed by atoms with van der Waals surface area (Å²) in [5, 5.41) is 3.24. The highest BCUT2D eigenvalue weighted by Gasteiger charge is 2.25. The smallest absolute Gasteiger partial charge is 0.251 e. The quantitative estimate of drug-likeness (QED) is 0.934. The van der Waals surface area contributed by atoms with Gasteiger partial charge in [-0.2, -0.15) is 0 Å². The van der Waals surface area contributed by atoms with Crippen molar-refractivity contribution in [1.29, 1.82) is 0 Å². The van der Waals surface area contributed by atoms with Crippen LogP contribution in [0, 0.1) is 0 Å². The molecule has 1 aliphatic heterocycles. The number of anilines is 1. The fourth-order valence-corrected chi connectivity index (χ4v) is 3.48. The molecular weight excluding hydrogens is 312 g/mol. The van der Waals surface area contributed by atoms with E-state index in [0.29, 0.717) is 0 Å². The molecule has 0 saturated carbocycles. The molecule has 5 nitrogen and oxygen atoms in total. The summed E-state index contributed by atoms with van der Waals surface area (Å²) in [7, 11) is 2.01. The summed E-state index contributed by atoms with van der Waals surface area (Å²) in [6, 6.07) is 8.14. The Hall–Kier alpha value is -2.30. The van der Waals surface area contributed by atoms with Gasteiger partial charge in [-0.3, -0.25) is 4.79 Å². The number of hydrogen-bond donors (Lipinski definition) is 1. The number of piperidine rings is 1. The van der Waals surface area contributed by atoms with E-state index in [9.17, 15) is 4.79 Å². The number of imidazole rings is 1. The lowest BCUT2D eigenvalue weighted by atomic mass is 9.83. The fraction of sp³-hybridized carbons (Fsp3) is 0.500. The van der Waals surface area contributed by atoms with Crippen molar-refractivity contribution < 1.29 is 4.79 Å². The first kappa shape index (κ1) is 17.5. The lowest BCUT2D eigenvalue weighted by Crippen LogP contribution is -2.45. The molecule has 1 aromatic carbocycles. The Morgan fingerprint density at radius 3 is 2.48 bits per heavy atom. The normalized spacial score (nSPS) is 16.1. The van der Waals surface area contributed by atoms with Gasteiger partial charge >= 0.3 is 0 Å². The van der Waals surface area contributed by atoms with Crippen LogP contribution < -0.4 is 10.2 Å². The summed E-state index contributed by atoms with van der Waals surface area (Å²) in [6.45, 7) is 8.26. The van der Waals surface area contributed by atoms with E-state index in [2.05, 4.69) is 42.0 Å². The van der Waals surface area contributed by atoms with Crippen LogP contribution in [0.5, 0.6) is 0 Å². The van der Waals surface area contributed by atoms with Crippen LogP contribution in [0.2, 0.25) is 0 Å². The summed E-state index contributed by atoms with van der Waals surface area (Å²) in [6.07, 6.45) is 5.67. The molecule has 1 saturated heterocycles. The van der Waals surface area contributed by atoms with Crippen LogP contribution in [0.25, 0.3) is 0 Å². The molecule has 0 spiro atoms. The zero-order valence-corrected chi connectivity index (χ0v) is 15.6.